The van der Waals surface area contributed by atoms with Gasteiger partial charge in [-0.15, -0.1) is 5.92 Å². The average Bonchev–Trinajstić information content (AvgIpc) is 3.22. The van der Waals surface area contributed by atoms with Crippen LogP contribution in [0.4, 0.5) is 19.1 Å². The quantitative estimate of drug-likeness (QED) is 0.535. The highest BCUT2D eigenvalue weighted by atomic mass is 19.4. The van der Waals surface area contributed by atoms with Gasteiger partial charge in [0.05, 0.1) is 12.1 Å². The minimum Gasteiger partial charge on any atom is -0.475 e. The van der Waals surface area contributed by atoms with Crippen molar-refractivity contribution in [2.75, 3.05) is 31.1 Å². The van der Waals surface area contributed by atoms with Crippen LogP contribution in [0.5, 0.6) is 0 Å². The lowest BCUT2D eigenvalue weighted by Gasteiger charge is -2.28. The topological polar surface area (TPSA) is 92.4 Å². The number of piperazine rings is 1. The van der Waals surface area contributed by atoms with Crippen molar-refractivity contribution in [3.63, 3.8) is 0 Å². The molecule has 0 unspecified atom stereocenters. The van der Waals surface area contributed by atoms with E-state index in [4.69, 9.17) is 14.9 Å². The molecule has 0 atom stereocenters. The van der Waals surface area contributed by atoms with Gasteiger partial charge in [0.1, 0.15) is 5.52 Å². The number of aryl methyl sites for hydroxylation is 2. The lowest BCUT2D eigenvalue weighted by atomic mass is 10.1. The maximum atomic E-state index is 13.3. The van der Waals surface area contributed by atoms with Gasteiger partial charge in [-0.25, -0.2) is 9.78 Å². The number of benzene rings is 1. The number of rotatable bonds is 5. The monoisotopic (exact) mass is 489 g/mol. The molecule has 0 spiro atoms. The van der Waals surface area contributed by atoms with Crippen molar-refractivity contribution in [1.29, 1.82) is 0 Å². The number of alkyl halides is 3. The molecular formula is C24H26F3N5O3. The highest BCUT2D eigenvalue weighted by molar-refractivity contribution is 5.78. The number of halogens is 3. The van der Waals surface area contributed by atoms with E-state index >= 15 is 0 Å². The zero-order chi connectivity index (χ0) is 25.4. The Morgan fingerprint density at radius 1 is 1.17 bits per heavy atom. The predicted octanol–water partition coefficient (Wildman–Crippen LogP) is 2.51. The SMILES string of the molecule is CC#CCn1c(N2CCNCC2)nc2ccn(CCc3ccccc3)c(=O)c21.O=C(O)C(F)(F)F. The van der Waals surface area contributed by atoms with Gasteiger partial charge in [-0.1, -0.05) is 36.3 Å². The molecule has 0 aliphatic carbocycles. The van der Waals surface area contributed by atoms with E-state index in [9.17, 15) is 18.0 Å². The molecule has 3 aromatic rings. The molecule has 1 aliphatic heterocycles. The van der Waals surface area contributed by atoms with Gasteiger partial charge in [0.25, 0.3) is 5.56 Å². The summed E-state index contributed by atoms with van der Waals surface area (Å²) in [6.45, 7) is 6.54. The van der Waals surface area contributed by atoms with Crippen molar-refractivity contribution >= 4 is 23.0 Å². The molecule has 8 nitrogen and oxygen atoms in total. The van der Waals surface area contributed by atoms with Crippen molar-refractivity contribution in [3.8, 4) is 11.8 Å². The number of pyridine rings is 1. The Labute approximate surface area is 200 Å². The molecule has 1 aliphatic rings. The molecule has 0 radical (unpaired) electrons. The summed E-state index contributed by atoms with van der Waals surface area (Å²) in [7, 11) is 0. The third kappa shape index (κ3) is 6.64. The maximum Gasteiger partial charge on any atom is 0.490 e. The van der Waals surface area contributed by atoms with Gasteiger partial charge >= 0.3 is 12.1 Å². The number of carboxylic acid groups (broad SMARTS) is 1. The summed E-state index contributed by atoms with van der Waals surface area (Å²) in [4.78, 5) is 29.2. The number of aromatic nitrogens is 3. The van der Waals surface area contributed by atoms with Gasteiger partial charge in [-0.05, 0) is 25.0 Å². The third-order valence-electron chi connectivity index (χ3n) is 5.39. The van der Waals surface area contributed by atoms with E-state index in [1.165, 1.54) is 5.56 Å². The Hall–Kier alpha value is -3.78. The van der Waals surface area contributed by atoms with Gasteiger partial charge in [0.15, 0.2) is 0 Å². The molecule has 186 valence electrons. The van der Waals surface area contributed by atoms with Crippen LogP contribution >= 0.6 is 0 Å². The number of hydrogen-bond acceptors (Lipinski definition) is 5. The second kappa shape index (κ2) is 11.6. The van der Waals surface area contributed by atoms with Crippen LogP contribution in [-0.4, -0.2) is 57.5 Å². The Kier molecular flexibility index (Phi) is 8.54. The molecule has 1 aromatic carbocycles. The van der Waals surface area contributed by atoms with Crippen molar-refractivity contribution in [2.24, 2.45) is 0 Å². The fraction of sp³-hybridized carbons (Fsp3) is 0.375. The minimum absolute atomic E-state index is 0.000202. The van der Waals surface area contributed by atoms with Crippen molar-refractivity contribution in [3.05, 3.63) is 58.5 Å². The largest absolute Gasteiger partial charge is 0.490 e. The summed E-state index contributed by atoms with van der Waals surface area (Å²) in [5, 5.41) is 10.5. The van der Waals surface area contributed by atoms with E-state index in [1.807, 2.05) is 42.0 Å². The molecule has 2 aromatic heterocycles. The summed E-state index contributed by atoms with van der Waals surface area (Å²) in [6, 6.07) is 12.2. The highest BCUT2D eigenvalue weighted by Crippen LogP contribution is 2.21. The first-order valence-electron chi connectivity index (χ1n) is 11.0. The molecule has 11 heteroatoms. The maximum absolute atomic E-state index is 13.3. The smallest absolute Gasteiger partial charge is 0.475 e. The molecule has 0 saturated carbocycles. The molecule has 3 heterocycles. The van der Waals surface area contributed by atoms with E-state index in [-0.39, 0.29) is 5.56 Å². The van der Waals surface area contributed by atoms with Crippen LogP contribution in [0.1, 0.15) is 12.5 Å². The minimum atomic E-state index is -5.08. The lowest BCUT2D eigenvalue weighted by Crippen LogP contribution is -2.44. The van der Waals surface area contributed by atoms with Gasteiger partial charge in [0, 0.05) is 38.9 Å². The second-order valence-electron chi connectivity index (χ2n) is 7.75. The van der Waals surface area contributed by atoms with E-state index in [0.717, 1.165) is 44.1 Å². The summed E-state index contributed by atoms with van der Waals surface area (Å²) < 4.78 is 35.5. The van der Waals surface area contributed by atoms with Crippen LogP contribution in [0.3, 0.4) is 0 Å². The number of carboxylic acids is 1. The number of aliphatic carboxylic acids is 1. The molecule has 0 bridgehead atoms. The van der Waals surface area contributed by atoms with E-state index in [0.29, 0.717) is 18.6 Å². The Morgan fingerprint density at radius 3 is 2.43 bits per heavy atom. The predicted molar refractivity (Wildman–Crippen MR) is 126 cm³/mol. The number of imidazole rings is 1. The van der Waals surface area contributed by atoms with Crippen LogP contribution in [0.25, 0.3) is 11.0 Å². The first kappa shape index (κ1) is 25.8. The van der Waals surface area contributed by atoms with Crippen molar-refractivity contribution in [1.82, 2.24) is 19.4 Å². The summed E-state index contributed by atoms with van der Waals surface area (Å²) in [5.41, 5.74) is 2.61. The first-order chi connectivity index (χ1) is 16.7. The highest BCUT2D eigenvalue weighted by Gasteiger charge is 2.38. The Morgan fingerprint density at radius 2 is 1.83 bits per heavy atom. The zero-order valence-electron chi connectivity index (χ0n) is 19.2. The number of hydrogen-bond donors (Lipinski definition) is 2. The van der Waals surface area contributed by atoms with E-state index < -0.39 is 12.1 Å². The van der Waals surface area contributed by atoms with Crippen LogP contribution in [0.2, 0.25) is 0 Å². The lowest BCUT2D eigenvalue weighted by molar-refractivity contribution is -0.192. The molecule has 4 rings (SSSR count). The van der Waals surface area contributed by atoms with E-state index in [1.54, 1.807) is 4.57 Å². The Balaban J connectivity index is 0.000000429. The van der Waals surface area contributed by atoms with Crippen molar-refractivity contribution < 1.29 is 23.1 Å². The first-order valence-corrected chi connectivity index (χ1v) is 11.0. The van der Waals surface area contributed by atoms with Crippen LogP contribution < -0.4 is 15.8 Å². The summed E-state index contributed by atoms with van der Waals surface area (Å²) in [5.74, 6) is 4.14. The standard InChI is InChI=1S/C22H25N5O.C2HF3O2/c1-2-3-13-27-20-19(24-22(27)26-16-11-23-12-17-26)10-15-25(21(20)28)14-9-18-7-5-4-6-8-18;3-2(4,5)1(6)7/h4-8,10,15,23H,9,11-14,16-17H2,1H3;(H,6,7). The van der Waals surface area contributed by atoms with E-state index in [2.05, 4.69) is 34.2 Å². The normalized spacial score (nSPS) is 13.5. The van der Waals surface area contributed by atoms with Gasteiger partial charge in [-0.3, -0.25) is 9.36 Å². The number of fused-ring (bicyclic) bond motifs is 1. The average molecular weight is 489 g/mol. The van der Waals surface area contributed by atoms with Crippen LogP contribution in [0.15, 0.2) is 47.4 Å². The van der Waals surface area contributed by atoms with Gasteiger partial charge in [-0.2, -0.15) is 13.2 Å². The van der Waals surface area contributed by atoms with Crippen LogP contribution in [-0.2, 0) is 24.3 Å². The molecular weight excluding hydrogens is 463 g/mol. The van der Waals surface area contributed by atoms with Gasteiger partial charge < -0.3 is 19.9 Å². The van der Waals surface area contributed by atoms with Gasteiger partial charge in [0.2, 0.25) is 5.95 Å². The number of carbonyl (C=O) groups is 1. The molecule has 35 heavy (non-hydrogen) atoms. The molecule has 0 amide bonds. The molecule has 1 saturated heterocycles. The Bertz CT molecular complexity index is 1270. The number of nitrogens with one attached hydrogen (secondary N) is 1. The fourth-order valence-corrected chi connectivity index (χ4v) is 3.65. The number of nitrogens with zero attached hydrogens (tertiary/aromatic N) is 4. The summed E-state index contributed by atoms with van der Waals surface area (Å²) >= 11 is 0. The van der Waals surface area contributed by atoms with Crippen LogP contribution in [0, 0.1) is 11.8 Å². The second-order valence-corrected chi connectivity index (χ2v) is 7.75. The zero-order valence-corrected chi connectivity index (χ0v) is 19.2. The number of anilines is 1. The van der Waals surface area contributed by atoms with Crippen molar-refractivity contribution in [2.45, 2.75) is 32.6 Å². The molecule has 1 fully saturated rings. The third-order valence-corrected chi connectivity index (χ3v) is 5.39. The summed E-state index contributed by atoms with van der Waals surface area (Å²) in [6.07, 6.45) is -2.40. The molecule has 2 N–H and O–H groups in total. The fourth-order valence-electron chi connectivity index (χ4n) is 3.65.